The standard InChI is InChI=1S/C74H146NO8P/c1-6-8-10-12-14-16-18-20-22-24-26-27-28-29-30-31-32-33-34-35-36-37-38-39-40-41-42-43-44-45-46-47-49-51-53-55-57-59-61-63-65-67-74(77)83-72(71-82-84(78,79)81-69-68-75(3,4)5)70-80-73(76)66-64-62-60-58-56-54-52-50-48-25-23-21-19-17-15-13-11-9-7-2/h24,26,72H,6-23,25,27-71H2,1-5H3/b26-24-. The van der Waals surface area contributed by atoms with Gasteiger partial charge in [0.05, 0.1) is 27.7 Å². The number of unbranched alkanes of at least 4 members (excludes halogenated alkanes) is 55. The lowest BCUT2D eigenvalue weighted by Crippen LogP contribution is -2.37. The largest absolute Gasteiger partial charge is 0.756 e. The zero-order chi connectivity index (χ0) is 61.2. The fraction of sp³-hybridized carbons (Fsp3) is 0.946. The van der Waals surface area contributed by atoms with Gasteiger partial charge < -0.3 is 27.9 Å². The first-order chi connectivity index (χ1) is 41.0. The van der Waals surface area contributed by atoms with E-state index in [1.165, 1.54) is 334 Å². The van der Waals surface area contributed by atoms with Gasteiger partial charge in [-0.25, -0.2) is 0 Å². The molecule has 0 aliphatic carbocycles. The number of likely N-dealkylation sites (N-methyl/N-ethyl adjacent to an activating group) is 1. The Kier molecular flexibility index (Phi) is 65.2. The van der Waals surface area contributed by atoms with Crippen LogP contribution in [0.3, 0.4) is 0 Å². The molecule has 9 nitrogen and oxygen atoms in total. The molecule has 0 aromatic carbocycles. The minimum absolute atomic E-state index is 0.0254. The number of phosphoric acid groups is 1. The zero-order valence-electron chi connectivity index (χ0n) is 57.1. The smallest absolute Gasteiger partial charge is 0.306 e. The zero-order valence-corrected chi connectivity index (χ0v) is 58.0. The second-order valence-corrected chi connectivity index (χ2v) is 28.4. The molecule has 0 spiro atoms. The molecule has 0 bridgehead atoms. The molecule has 0 radical (unpaired) electrons. The van der Waals surface area contributed by atoms with E-state index in [-0.39, 0.29) is 32.0 Å². The summed E-state index contributed by atoms with van der Waals surface area (Å²) in [5.74, 6) is -0.806. The Bertz CT molecular complexity index is 1420. The first-order valence-electron chi connectivity index (χ1n) is 37.4. The van der Waals surface area contributed by atoms with Gasteiger partial charge in [-0.3, -0.25) is 14.2 Å². The van der Waals surface area contributed by atoms with E-state index in [4.69, 9.17) is 18.5 Å². The summed E-state index contributed by atoms with van der Waals surface area (Å²) < 4.78 is 34.3. The molecule has 0 aliphatic heterocycles. The Morgan fingerprint density at radius 3 is 0.881 bits per heavy atom. The molecule has 500 valence electrons. The van der Waals surface area contributed by atoms with Crippen molar-refractivity contribution in [2.75, 3.05) is 47.5 Å². The minimum atomic E-state index is -4.63. The second kappa shape index (κ2) is 66.2. The van der Waals surface area contributed by atoms with E-state index in [1.54, 1.807) is 0 Å². The number of hydrogen-bond acceptors (Lipinski definition) is 8. The van der Waals surface area contributed by atoms with Crippen LogP contribution in [0.25, 0.3) is 0 Å². The minimum Gasteiger partial charge on any atom is -0.756 e. The summed E-state index contributed by atoms with van der Waals surface area (Å²) in [6.45, 7) is 4.32. The maximum absolute atomic E-state index is 12.9. The number of carbonyl (C=O) groups is 2. The highest BCUT2D eigenvalue weighted by Gasteiger charge is 2.22. The van der Waals surface area contributed by atoms with E-state index in [9.17, 15) is 19.0 Å². The molecule has 0 aromatic rings. The SMILES string of the molecule is CCCCCCCCCC/C=C\CCCCCCCCCCCCCCCCCCCCCCCCCCCCCCCC(=O)OC(COC(=O)CCCCCCCCCCCCCCCCCCCCC)COP(=O)([O-])OCC[N+](C)(C)C. The Hall–Kier alpha value is -1.25. The number of nitrogens with zero attached hydrogens (tertiary/aromatic N) is 1. The number of hydrogen-bond donors (Lipinski definition) is 0. The van der Waals surface area contributed by atoms with Crippen LogP contribution in [0.1, 0.15) is 399 Å². The van der Waals surface area contributed by atoms with E-state index in [0.717, 1.165) is 32.1 Å². The number of quaternary nitrogens is 1. The topological polar surface area (TPSA) is 111 Å². The van der Waals surface area contributed by atoms with Crippen LogP contribution in [0.4, 0.5) is 0 Å². The van der Waals surface area contributed by atoms with Crippen molar-refractivity contribution in [3.8, 4) is 0 Å². The Morgan fingerprint density at radius 1 is 0.357 bits per heavy atom. The Balaban J connectivity index is 3.84. The predicted molar refractivity (Wildman–Crippen MR) is 361 cm³/mol. The van der Waals surface area contributed by atoms with Crippen molar-refractivity contribution in [3.63, 3.8) is 0 Å². The first kappa shape index (κ1) is 82.8. The lowest BCUT2D eigenvalue weighted by molar-refractivity contribution is -0.870. The van der Waals surface area contributed by atoms with Crippen LogP contribution in [0, 0.1) is 0 Å². The van der Waals surface area contributed by atoms with Gasteiger partial charge in [0.15, 0.2) is 6.10 Å². The molecule has 0 amide bonds. The van der Waals surface area contributed by atoms with Gasteiger partial charge in [-0.2, -0.15) is 0 Å². The molecule has 0 rings (SSSR count). The maximum atomic E-state index is 12.9. The van der Waals surface area contributed by atoms with Crippen LogP contribution in [0.2, 0.25) is 0 Å². The number of rotatable bonds is 71. The summed E-state index contributed by atoms with van der Waals surface area (Å²) in [6.07, 6.45) is 81.9. The lowest BCUT2D eigenvalue weighted by atomic mass is 10.0. The van der Waals surface area contributed by atoms with E-state index in [1.807, 2.05) is 21.1 Å². The third-order valence-electron chi connectivity index (χ3n) is 17.3. The van der Waals surface area contributed by atoms with Crippen molar-refractivity contribution >= 4 is 19.8 Å². The van der Waals surface area contributed by atoms with Crippen molar-refractivity contribution in [2.24, 2.45) is 0 Å². The predicted octanol–water partition coefficient (Wildman–Crippen LogP) is 23.7. The van der Waals surface area contributed by atoms with Crippen molar-refractivity contribution in [1.82, 2.24) is 0 Å². The lowest BCUT2D eigenvalue weighted by Gasteiger charge is -2.28. The average Bonchev–Trinajstić information content (AvgIpc) is 3.61. The van der Waals surface area contributed by atoms with Gasteiger partial charge in [0.1, 0.15) is 19.8 Å². The Morgan fingerprint density at radius 2 is 0.607 bits per heavy atom. The number of carbonyl (C=O) groups excluding carboxylic acids is 2. The summed E-state index contributed by atoms with van der Waals surface area (Å²) >= 11 is 0. The average molecular weight is 1210 g/mol. The van der Waals surface area contributed by atoms with Crippen LogP contribution in [-0.2, 0) is 32.7 Å². The highest BCUT2D eigenvalue weighted by atomic mass is 31.2. The molecular weight excluding hydrogens is 1060 g/mol. The summed E-state index contributed by atoms with van der Waals surface area (Å²) in [5, 5.41) is 0. The van der Waals surface area contributed by atoms with E-state index >= 15 is 0 Å². The van der Waals surface area contributed by atoms with Gasteiger partial charge in [-0.05, 0) is 38.5 Å². The van der Waals surface area contributed by atoms with Crippen LogP contribution < -0.4 is 4.89 Å². The third-order valence-corrected chi connectivity index (χ3v) is 18.2. The van der Waals surface area contributed by atoms with E-state index in [0.29, 0.717) is 17.4 Å². The van der Waals surface area contributed by atoms with Gasteiger partial charge >= 0.3 is 11.9 Å². The normalized spacial score (nSPS) is 13.1. The third kappa shape index (κ3) is 69.8. The molecule has 0 fully saturated rings. The molecule has 0 saturated heterocycles. The van der Waals surface area contributed by atoms with Crippen molar-refractivity contribution in [2.45, 2.75) is 405 Å². The number of ether oxygens (including phenoxy) is 2. The highest BCUT2D eigenvalue weighted by molar-refractivity contribution is 7.45. The fourth-order valence-corrected chi connectivity index (χ4v) is 12.3. The monoisotopic (exact) mass is 1210 g/mol. The van der Waals surface area contributed by atoms with Crippen molar-refractivity contribution < 1.29 is 42.1 Å². The number of esters is 2. The fourth-order valence-electron chi connectivity index (χ4n) is 11.5. The molecule has 84 heavy (non-hydrogen) atoms. The van der Waals surface area contributed by atoms with E-state index in [2.05, 4.69) is 26.0 Å². The molecule has 10 heteroatoms. The van der Waals surface area contributed by atoms with Gasteiger partial charge in [0, 0.05) is 12.8 Å². The van der Waals surface area contributed by atoms with Crippen molar-refractivity contribution in [3.05, 3.63) is 12.2 Å². The molecule has 2 unspecified atom stereocenters. The summed E-state index contributed by atoms with van der Waals surface area (Å²) in [5.41, 5.74) is 0. The molecule has 0 saturated carbocycles. The maximum Gasteiger partial charge on any atom is 0.306 e. The quantitative estimate of drug-likeness (QED) is 0.0195. The molecule has 0 N–H and O–H groups in total. The molecule has 0 aromatic heterocycles. The van der Waals surface area contributed by atoms with Gasteiger partial charge in [0.2, 0.25) is 0 Å². The number of allylic oxidation sites excluding steroid dienone is 2. The molecule has 0 aliphatic rings. The van der Waals surface area contributed by atoms with Gasteiger partial charge in [-0.1, -0.05) is 360 Å². The summed E-state index contributed by atoms with van der Waals surface area (Å²) in [4.78, 5) is 38.0. The molecule has 0 heterocycles. The van der Waals surface area contributed by atoms with Crippen LogP contribution in [0.15, 0.2) is 12.2 Å². The van der Waals surface area contributed by atoms with Crippen molar-refractivity contribution in [1.29, 1.82) is 0 Å². The first-order valence-corrected chi connectivity index (χ1v) is 38.9. The summed E-state index contributed by atoms with van der Waals surface area (Å²) in [6, 6.07) is 0. The second-order valence-electron chi connectivity index (χ2n) is 27.0. The Labute approximate surface area is 524 Å². The van der Waals surface area contributed by atoms with Crippen LogP contribution in [0.5, 0.6) is 0 Å². The van der Waals surface area contributed by atoms with Crippen LogP contribution in [-0.4, -0.2) is 70.0 Å². The van der Waals surface area contributed by atoms with E-state index < -0.39 is 26.5 Å². The van der Waals surface area contributed by atoms with Gasteiger partial charge in [0.25, 0.3) is 7.82 Å². The molecule has 2 atom stereocenters. The van der Waals surface area contributed by atoms with Gasteiger partial charge in [-0.15, -0.1) is 0 Å². The van der Waals surface area contributed by atoms with Crippen LogP contribution >= 0.6 is 7.82 Å². The summed E-state index contributed by atoms with van der Waals surface area (Å²) in [7, 11) is 1.19. The number of phosphoric ester groups is 1. The highest BCUT2D eigenvalue weighted by Crippen LogP contribution is 2.38. The molecular formula is C74H146NO8P.